The van der Waals surface area contributed by atoms with Crippen molar-refractivity contribution in [3.05, 3.63) is 0 Å². The average Bonchev–Trinajstić information content (AvgIpc) is 1.80. The van der Waals surface area contributed by atoms with E-state index in [2.05, 4.69) is 4.99 Å². The molecule has 0 bridgehead atoms. The summed E-state index contributed by atoms with van der Waals surface area (Å²) in [5.41, 5.74) is 5.18. The smallest absolute Gasteiger partial charge is 0.268 e. The summed E-state index contributed by atoms with van der Waals surface area (Å²) in [6.45, 7) is -0.0127. The number of hydrogen-bond acceptors (Lipinski definition) is 4. The van der Waals surface area contributed by atoms with Gasteiger partial charge in [0.25, 0.3) is 5.91 Å². The van der Waals surface area contributed by atoms with Gasteiger partial charge in [-0.3, -0.25) is 15.0 Å². The SMILES string of the molecule is NC1=NCC(=O)N(O)C1. The highest BCUT2D eigenvalue weighted by atomic mass is 16.5. The van der Waals surface area contributed by atoms with Crippen LogP contribution in [0.3, 0.4) is 0 Å². The minimum Gasteiger partial charge on any atom is -0.386 e. The monoisotopic (exact) mass is 129 g/mol. The molecule has 1 amide bonds. The second-order valence-corrected chi connectivity index (χ2v) is 1.76. The van der Waals surface area contributed by atoms with Gasteiger partial charge in [-0.2, -0.15) is 0 Å². The van der Waals surface area contributed by atoms with Gasteiger partial charge in [0, 0.05) is 0 Å². The number of amides is 1. The number of nitrogens with zero attached hydrogens (tertiary/aromatic N) is 2. The van der Waals surface area contributed by atoms with E-state index in [1.54, 1.807) is 0 Å². The maximum absolute atomic E-state index is 10.5. The zero-order valence-electron chi connectivity index (χ0n) is 4.74. The third-order valence-electron chi connectivity index (χ3n) is 1.02. The zero-order chi connectivity index (χ0) is 6.85. The summed E-state index contributed by atoms with van der Waals surface area (Å²) in [5.74, 6) is -0.124. The van der Waals surface area contributed by atoms with Crippen LogP contribution in [-0.2, 0) is 4.79 Å². The molecule has 1 aliphatic rings. The van der Waals surface area contributed by atoms with Gasteiger partial charge in [0.2, 0.25) is 0 Å². The molecule has 0 fully saturated rings. The predicted octanol–water partition coefficient (Wildman–Crippen LogP) is -1.42. The molecule has 1 rings (SSSR count). The summed E-state index contributed by atoms with van der Waals surface area (Å²) in [7, 11) is 0. The largest absolute Gasteiger partial charge is 0.386 e. The Kier molecular flexibility index (Phi) is 1.35. The lowest BCUT2D eigenvalue weighted by Crippen LogP contribution is -2.41. The number of nitrogens with two attached hydrogens (primary N) is 1. The molecule has 0 saturated heterocycles. The molecule has 0 aromatic carbocycles. The van der Waals surface area contributed by atoms with Crippen molar-refractivity contribution >= 4 is 11.7 Å². The molecule has 50 valence electrons. The minimum absolute atomic E-state index is 0.0266. The molecule has 0 atom stereocenters. The molecule has 0 spiro atoms. The second-order valence-electron chi connectivity index (χ2n) is 1.76. The van der Waals surface area contributed by atoms with Crippen molar-refractivity contribution in [1.29, 1.82) is 0 Å². The number of carbonyl (C=O) groups is 1. The molecule has 3 N–H and O–H groups in total. The van der Waals surface area contributed by atoms with Gasteiger partial charge in [-0.1, -0.05) is 0 Å². The summed E-state index contributed by atoms with van der Waals surface area (Å²) in [6.07, 6.45) is 0. The molecule has 9 heavy (non-hydrogen) atoms. The van der Waals surface area contributed by atoms with Crippen LogP contribution in [0, 0.1) is 0 Å². The van der Waals surface area contributed by atoms with Crippen LogP contribution in [0.1, 0.15) is 0 Å². The van der Waals surface area contributed by atoms with Crippen molar-refractivity contribution in [2.45, 2.75) is 0 Å². The maximum Gasteiger partial charge on any atom is 0.268 e. The van der Waals surface area contributed by atoms with E-state index in [0.29, 0.717) is 5.06 Å². The highest BCUT2D eigenvalue weighted by molar-refractivity contribution is 5.92. The van der Waals surface area contributed by atoms with Crippen LogP contribution in [-0.4, -0.2) is 35.1 Å². The van der Waals surface area contributed by atoms with E-state index in [-0.39, 0.29) is 18.9 Å². The van der Waals surface area contributed by atoms with Crippen LogP contribution in [0.25, 0.3) is 0 Å². The summed E-state index contributed by atoms with van der Waals surface area (Å²) >= 11 is 0. The summed E-state index contributed by atoms with van der Waals surface area (Å²) in [4.78, 5) is 14.1. The van der Waals surface area contributed by atoms with Crippen molar-refractivity contribution in [3.63, 3.8) is 0 Å². The summed E-state index contributed by atoms with van der Waals surface area (Å²) in [6, 6.07) is 0. The van der Waals surface area contributed by atoms with E-state index in [4.69, 9.17) is 10.9 Å². The number of hydrogen-bond donors (Lipinski definition) is 2. The molecule has 5 nitrogen and oxygen atoms in total. The van der Waals surface area contributed by atoms with Crippen LogP contribution >= 0.6 is 0 Å². The average molecular weight is 129 g/mol. The molecule has 5 heteroatoms. The number of aliphatic imine (C=N–C) groups is 1. The Balaban J connectivity index is 2.65. The lowest BCUT2D eigenvalue weighted by molar-refractivity contribution is -0.161. The molecular weight excluding hydrogens is 122 g/mol. The van der Waals surface area contributed by atoms with Crippen LogP contribution in [0.15, 0.2) is 4.99 Å². The lowest BCUT2D eigenvalue weighted by Gasteiger charge is -2.17. The zero-order valence-corrected chi connectivity index (χ0v) is 4.74. The van der Waals surface area contributed by atoms with Crippen LogP contribution in [0.5, 0.6) is 0 Å². The number of amidine groups is 1. The molecular formula is C4H7N3O2. The van der Waals surface area contributed by atoms with Gasteiger partial charge >= 0.3 is 0 Å². The van der Waals surface area contributed by atoms with Crippen LogP contribution in [0.2, 0.25) is 0 Å². The van der Waals surface area contributed by atoms with Crippen molar-refractivity contribution in [3.8, 4) is 0 Å². The highest BCUT2D eigenvalue weighted by Gasteiger charge is 2.15. The second kappa shape index (κ2) is 2.02. The Hall–Kier alpha value is -1.10. The van der Waals surface area contributed by atoms with Crippen molar-refractivity contribution in [1.82, 2.24) is 5.06 Å². The fraction of sp³-hybridized carbons (Fsp3) is 0.500. The van der Waals surface area contributed by atoms with Gasteiger partial charge in [0.05, 0.1) is 0 Å². The van der Waals surface area contributed by atoms with Gasteiger partial charge < -0.3 is 5.73 Å². The first-order valence-corrected chi connectivity index (χ1v) is 2.48. The quantitative estimate of drug-likeness (QED) is 0.394. The molecule has 1 aliphatic heterocycles. The summed E-state index contributed by atoms with van der Waals surface area (Å²) < 4.78 is 0. The third-order valence-corrected chi connectivity index (χ3v) is 1.02. The molecule has 0 radical (unpaired) electrons. The van der Waals surface area contributed by atoms with E-state index < -0.39 is 5.91 Å². The highest BCUT2D eigenvalue weighted by Crippen LogP contribution is 1.91. The number of hydroxylamine groups is 2. The molecule has 0 aromatic rings. The Morgan fingerprint density at radius 1 is 1.78 bits per heavy atom. The fourth-order valence-electron chi connectivity index (χ4n) is 0.542. The Morgan fingerprint density at radius 3 is 2.89 bits per heavy atom. The fourth-order valence-corrected chi connectivity index (χ4v) is 0.542. The van der Waals surface area contributed by atoms with Crippen molar-refractivity contribution < 1.29 is 10.0 Å². The molecule has 0 saturated carbocycles. The van der Waals surface area contributed by atoms with E-state index in [9.17, 15) is 4.79 Å². The number of rotatable bonds is 0. The predicted molar refractivity (Wildman–Crippen MR) is 30.0 cm³/mol. The Bertz CT molecular complexity index is 165. The maximum atomic E-state index is 10.5. The topological polar surface area (TPSA) is 78.9 Å². The van der Waals surface area contributed by atoms with Crippen molar-refractivity contribution in [2.75, 3.05) is 13.1 Å². The minimum atomic E-state index is -0.413. The van der Waals surface area contributed by atoms with Crippen LogP contribution in [0.4, 0.5) is 0 Å². The Labute approximate surface area is 51.7 Å². The lowest BCUT2D eigenvalue weighted by atomic mass is 10.4. The van der Waals surface area contributed by atoms with E-state index in [0.717, 1.165) is 0 Å². The van der Waals surface area contributed by atoms with E-state index in [1.165, 1.54) is 0 Å². The summed E-state index contributed by atoms with van der Waals surface area (Å²) in [5, 5.41) is 9.23. The van der Waals surface area contributed by atoms with Gasteiger partial charge in [0.1, 0.15) is 18.9 Å². The molecule has 1 heterocycles. The third kappa shape index (κ3) is 1.17. The van der Waals surface area contributed by atoms with Gasteiger partial charge in [-0.05, 0) is 0 Å². The van der Waals surface area contributed by atoms with E-state index >= 15 is 0 Å². The van der Waals surface area contributed by atoms with Gasteiger partial charge in [0.15, 0.2) is 0 Å². The normalized spacial score (nSPS) is 19.9. The first kappa shape index (κ1) is 6.03. The molecule has 0 aliphatic carbocycles. The standard InChI is InChI=1S/C4H7N3O2/c5-3-2-7(9)4(8)1-6-3/h9H,1-2H2,(H2,5,6). The van der Waals surface area contributed by atoms with Crippen molar-refractivity contribution in [2.24, 2.45) is 10.7 Å². The number of carbonyl (C=O) groups excluding carboxylic acids is 1. The van der Waals surface area contributed by atoms with E-state index in [1.807, 2.05) is 0 Å². The molecule has 0 unspecified atom stereocenters. The Morgan fingerprint density at radius 2 is 2.44 bits per heavy atom. The van der Waals surface area contributed by atoms with Crippen LogP contribution < -0.4 is 5.73 Å². The first-order chi connectivity index (χ1) is 4.20. The first-order valence-electron chi connectivity index (χ1n) is 2.48. The molecule has 0 aromatic heterocycles. The van der Waals surface area contributed by atoms with Gasteiger partial charge in [-0.25, -0.2) is 5.06 Å². The van der Waals surface area contributed by atoms with Gasteiger partial charge in [-0.15, -0.1) is 0 Å².